The zero-order chi connectivity index (χ0) is 93.3. The molecule has 0 spiro atoms. The number of rotatable bonds is 21. The van der Waals surface area contributed by atoms with E-state index in [1.165, 1.54) is 19.3 Å². The molecule has 14 aromatic rings. The summed E-state index contributed by atoms with van der Waals surface area (Å²) in [6.45, 7) is 4.49. The van der Waals surface area contributed by atoms with Crippen molar-refractivity contribution in [2.24, 2.45) is 0 Å². The van der Waals surface area contributed by atoms with Gasteiger partial charge in [-0.2, -0.15) is 20.4 Å². The lowest BCUT2D eigenvalue weighted by Crippen LogP contribution is -2.45. The van der Waals surface area contributed by atoms with Gasteiger partial charge in [-0.05, 0) is 190 Å². The van der Waals surface area contributed by atoms with Crippen LogP contribution in [0, 0.1) is 6.92 Å². The molecule has 8 aromatic carbocycles. The summed E-state index contributed by atoms with van der Waals surface area (Å²) in [5, 5.41) is 53.6. The number of halogens is 11. The minimum Gasteiger partial charge on any atom is -0.392 e. The van der Waals surface area contributed by atoms with Crippen molar-refractivity contribution in [3.8, 4) is 90.0 Å². The monoisotopic (exact) mass is 2170 g/mol. The molecule has 6 aromatic heterocycles. The highest BCUT2D eigenvalue weighted by atomic mass is 79.9. The van der Waals surface area contributed by atoms with Crippen LogP contribution < -0.4 is 21.5 Å². The van der Waals surface area contributed by atoms with E-state index in [9.17, 15) is 29.4 Å². The predicted molar refractivity (Wildman–Crippen MR) is 544 cm³/mol. The van der Waals surface area contributed by atoms with Gasteiger partial charge in [-0.25, -0.2) is 28.7 Å². The number of carbonyl (C=O) groups excluding carboxylic acids is 4. The highest BCUT2D eigenvalue weighted by molar-refractivity contribution is 9.11. The van der Waals surface area contributed by atoms with Gasteiger partial charge in [0.1, 0.15) is 0 Å². The molecule has 0 unspecified atom stereocenters. The number of aromatic nitrogens is 10. The van der Waals surface area contributed by atoms with Crippen molar-refractivity contribution >= 4 is 169 Å². The average molecular weight is 2180 g/mol. The van der Waals surface area contributed by atoms with E-state index in [-0.39, 0.29) is 60.3 Å². The predicted octanol–water partition coefficient (Wildman–Crippen LogP) is 25.7. The van der Waals surface area contributed by atoms with Crippen LogP contribution in [-0.4, -0.2) is 131 Å². The van der Waals surface area contributed by atoms with Gasteiger partial charge in [-0.1, -0.05) is 275 Å². The van der Waals surface area contributed by atoms with E-state index in [0.717, 1.165) is 190 Å². The number of carbonyl (C=O) groups is 4. The molecule has 2 aliphatic heterocycles. The SMILES string of the molecule is Cc1c(C(=O)NN2CCCCC2)nn(-c2ccc(Cl)cc2Cl)c1-c1ccc(Br)cc1.O=C(NC1CCCCC1)c1nn(-c2ccc(Cl)cc2Cl)c(-c2ccc(Br)cc2)c1CBr.O=C(NC1CCCCC1)c1nn(-c2ccc(Cl)cc2Cl)c(-c2ccc(Br)cc2)c1CO.O=C(NN1CCCCC1)c1nn(-c2ccc(-c3cccnc3)cc2Cl)c(-c2ccc(-c3cccnc3)cc2)c1CO. The molecule has 686 valence electrons. The van der Waals surface area contributed by atoms with E-state index >= 15 is 0 Å². The number of nitrogens with one attached hydrogen (secondary N) is 4. The largest absolute Gasteiger partial charge is 0.392 e. The lowest BCUT2D eigenvalue weighted by atomic mass is 9.95. The first-order chi connectivity index (χ1) is 64.5. The fourth-order valence-corrected chi connectivity index (χ4v) is 19.9. The van der Waals surface area contributed by atoms with Crippen molar-refractivity contribution in [2.75, 3.05) is 26.2 Å². The molecule has 0 atom stereocenters. The first kappa shape index (κ1) is 98.1. The van der Waals surface area contributed by atoms with E-state index in [2.05, 4.69) is 105 Å². The summed E-state index contributed by atoms with van der Waals surface area (Å²) in [5.74, 6) is -0.996. The molecular formula is C100H93Br4Cl7N16O6. The summed E-state index contributed by atoms with van der Waals surface area (Å²) in [6.07, 6.45) is 24.5. The Morgan fingerprint density at radius 1 is 0.353 bits per heavy atom. The average Bonchev–Trinajstić information content (AvgIpc) is 1.62. The third-order valence-electron chi connectivity index (χ3n) is 23.6. The van der Waals surface area contributed by atoms with Gasteiger partial charge in [-0.15, -0.1) is 0 Å². The lowest BCUT2D eigenvalue weighted by Gasteiger charge is -2.26. The second-order valence-corrected chi connectivity index (χ2v) is 38.8. The maximum Gasteiger partial charge on any atom is 0.286 e. The molecule has 2 saturated heterocycles. The van der Waals surface area contributed by atoms with Crippen LogP contribution in [0.3, 0.4) is 0 Å². The molecule has 8 heterocycles. The number of benzene rings is 8. The van der Waals surface area contributed by atoms with Crippen molar-refractivity contribution < 1.29 is 29.4 Å². The maximum absolute atomic E-state index is 13.5. The Bertz CT molecular complexity index is 6270. The van der Waals surface area contributed by atoms with Crippen molar-refractivity contribution in [1.29, 1.82) is 0 Å². The van der Waals surface area contributed by atoms with E-state index in [0.29, 0.717) is 97.1 Å². The zero-order valence-electron chi connectivity index (χ0n) is 72.3. The Labute approximate surface area is 839 Å². The third-order valence-corrected chi connectivity index (χ3v) is 27.6. The van der Waals surface area contributed by atoms with Crippen LogP contribution in [0.2, 0.25) is 35.2 Å². The fraction of sp³-hybridized carbons (Fsp3) is 0.260. The van der Waals surface area contributed by atoms with E-state index in [4.69, 9.17) is 91.4 Å². The van der Waals surface area contributed by atoms with Gasteiger partial charge in [0.15, 0.2) is 22.8 Å². The fourth-order valence-electron chi connectivity index (χ4n) is 16.9. The lowest BCUT2D eigenvalue weighted by molar-refractivity contribution is 0.0735. The number of hydrogen-bond acceptors (Lipinski definition) is 14. The highest BCUT2D eigenvalue weighted by Crippen LogP contribution is 2.41. The van der Waals surface area contributed by atoms with Crippen LogP contribution in [0.25, 0.3) is 90.0 Å². The van der Waals surface area contributed by atoms with Gasteiger partial charge in [0.2, 0.25) is 0 Å². The Balaban J connectivity index is 0.000000137. The van der Waals surface area contributed by atoms with Crippen LogP contribution in [0.15, 0.2) is 232 Å². The smallest absolute Gasteiger partial charge is 0.286 e. The molecule has 18 rings (SSSR count). The summed E-state index contributed by atoms with van der Waals surface area (Å²) in [6, 6.07) is 60.7. The van der Waals surface area contributed by atoms with Gasteiger partial charge in [0.05, 0.1) is 78.8 Å². The van der Waals surface area contributed by atoms with Gasteiger partial charge in [0.25, 0.3) is 23.6 Å². The number of nitrogens with zero attached hydrogens (tertiary/aromatic N) is 12. The third kappa shape index (κ3) is 24.0. The van der Waals surface area contributed by atoms with E-state index in [1.54, 1.807) is 79.8 Å². The summed E-state index contributed by atoms with van der Waals surface area (Å²) in [4.78, 5) is 61.4. The molecule has 6 N–H and O–H groups in total. The number of aliphatic hydroxyl groups is 2. The molecule has 2 aliphatic carbocycles. The quantitative estimate of drug-likeness (QED) is 0.0366. The van der Waals surface area contributed by atoms with Gasteiger partial charge >= 0.3 is 0 Å². The molecule has 33 heteroatoms. The van der Waals surface area contributed by atoms with Crippen LogP contribution in [0.4, 0.5) is 0 Å². The molecule has 22 nitrogen and oxygen atoms in total. The number of amides is 4. The minimum absolute atomic E-state index is 0.133. The first-order valence-corrected chi connectivity index (χ1v) is 50.0. The Kier molecular flexibility index (Phi) is 34.2. The zero-order valence-corrected chi connectivity index (χ0v) is 83.9. The normalized spacial score (nSPS) is 14.3. The van der Waals surface area contributed by atoms with Crippen molar-refractivity contribution in [2.45, 2.75) is 140 Å². The maximum atomic E-state index is 13.5. The summed E-state index contributed by atoms with van der Waals surface area (Å²) < 4.78 is 9.61. The molecule has 2 saturated carbocycles. The van der Waals surface area contributed by atoms with Gasteiger partial charge in [-0.3, -0.25) is 40.0 Å². The van der Waals surface area contributed by atoms with Gasteiger partial charge < -0.3 is 20.8 Å². The van der Waals surface area contributed by atoms with Crippen molar-refractivity contribution in [1.82, 2.24) is 80.6 Å². The first-order valence-electron chi connectivity index (χ1n) is 43.8. The summed E-state index contributed by atoms with van der Waals surface area (Å²) in [5.41, 5.74) is 22.3. The highest BCUT2D eigenvalue weighted by Gasteiger charge is 2.33. The molecule has 4 fully saturated rings. The van der Waals surface area contributed by atoms with E-state index in [1.807, 2.05) is 175 Å². The summed E-state index contributed by atoms with van der Waals surface area (Å²) >= 11 is 58.6. The molecule has 133 heavy (non-hydrogen) atoms. The number of hydrogen-bond donors (Lipinski definition) is 6. The number of piperidine rings is 2. The number of alkyl halides is 1. The number of aliphatic hydroxyl groups excluding tert-OH is 2. The van der Waals surface area contributed by atoms with Crippen LogP contribution in [0.1, 0.15) is 167 Å². The molecule has 4 amide bonds. The second kappa shape index (κ2) is 46.4. The van der Waals surface area contributed by atoms with Crippen LogP contribution in [0.5, 0.6) is 0 Å². The van der Waals surface area contributed by atoms with Crippen LogP contribution in [-0.2, 0) is 18.5 Å². The summed E-state index contributed by atoms with van der Waals surface area (Å²) in [7, 11) is 0. The van der Waals surface area contributed by atoms with Gasteiger partial charge in [0, 0.05) is 147 Å². The van der Waals surface area contributed by atoms with Crippen molar-refractivity contribution in [3.63, 3.8) is 0 Å². The van der Waals surface area contributed by atoms with Crippen LogP contribution >= 0.6 is 145 Å². The molecule has 4 aliphatic rings. The molecule has 0 radical (unpaired) electrons. The Morgan fingerprint density at radius 3 is 1.03 bits per heavy atom. The standard InChI is InChI=1S/C32H29ClN6O2.C23H21Br2Cl2N3O.C23H22BrCl2N3O2.C22H21BrCl2N4O/c33-28-18-24(26-7-5-15-35-20-26)12-13-29(28)39-31(23-10-8-22(9-11-23)25-6-4-14-34-19-25)27(21-40)30(36-39)32(41)37-38-16-2-1-3-17-38;24-13-18-21(23(31)28-17-4-2-1-3-5-17)29-30(20-11-10-16(26)12-19(20)27)22(18)14-6-8-15(25)9-7-14;24-15-8-6-14(7-9-15)22-18(13-30)21(23(31)27-17-4-2-1-3-5-17)28-29(22)20-11-10-16(25)12-19(20)26;1-14-20(22(30)27-28-11-3-2-4-12-28)26-29(19-10-9-17(24)13-18(19)25)21(14)15-5-7-16(23)8-6-15/h4-15,18-20,40H,1-3,16-17,21H2,(H,37,41);6-12,17H,1-5,13H2,(H,28,31);6-12,17,30H,1-5,13H2,(H,27,31);5-10,13H,2-4,11-12H2,1H3,(H,27,30). The topological polar surface area (TPSA) is 260 Å². The Hall–Kier alpha value is -9.43. The minimum atomic E-state index is -0.367. The number of hydrazine groups is 2. The Morgan fingerprint density at radius 2 is 0.662 bits per heavy atom. The molecule has 0 bridgehead atoms. The van der Waals surface area contributed by atoms with Crippen molar-refractivity contribution in [3.05, 3.63) is 313 Å². The van der Waals surface area contributed by atoms with E-state index < -0.39 is 0 Å². The second-order valence-electron chi connectivity index (χ2n) is 32.6. The molecular weight excluding hydrogens is 2090 g/mol. The number of pyridine rings is 2.